The second kappa shape index (κ2) is 6.56. The Morgan fingerprint density at radius 3 is 2.53 bits per heavy atom. The zero-order chi connectivity index (χ0) is 14.6. The van der Waals surface area contributed by atoms with E-state index in [2.05, 4.69) is 21.2 Å². The lowest BCUT2D eigenvalue weighted by Crippen LogP contribution is -2.40. The number of nitrogens with one attached hydrogen (secondary N) is 1. The Morgan fingerprint density at radius 2 is 2.00 bits per heavy atom. The second-order valence-corrected chi connectivity index (χ2v) is 5.15. The summed E-state index contributed by atoms with van der Waals surface area (Å²) in [6.07, 6.45) is 0. The Kier molecular flexibility index (Phi) is 5.35. The van der Waals surface area contributed by atoms with Crippen LogP contribution in [0.5, 0.6) is 5.75 Å². The van der Waals surface area contributed by atoms with E-state index in [1.807, 2.05) is 0 Å². The molecule has 1 amide bonds. The van der Waals surface area contributed by atoms with Gasteiger partial charge in [0.05, 0.1) is 18.6 Å². The zero-order valence-corrected chi connectivity index (χ0v) is 12.5. The van der Waals surface area contributed by atoms with Crippen molar-refractivity contribution in [3.8, 4) is 5.75 Å². The highest BCUT2D eigenvalue weighted by Crippen LogP contribution is 2.23. The van der Waals surface area contributed by atoms with Gasteiger partial charge in [0.1, 0.15) is 5.75 Å². The lowest BCUT2D eigenvalue weighted by Gasteiger charge is -2.18. The van der Waals surface area contributed by atoms with Crippen LogP contribution < -0.4 is 10.1 Å². The summed E-state index contributed by atoms with van der Waals surface area (Å²) in [6.45, 7) is 3.20. The lowest BCUT2D eigenvalue weighted by molar-refractivity contribution is -0.141. The maximum Gasteiger partial charge on any atom is 0.308 e. The summed E-state index contributed by atoms with van der Waals surface area (Å²) in [5, 5.41) is 11.5. The van der Waals surface area contributed by atoms with Crippen LogP contribution in [0.25, 0.3) is 0 Å². The molecule has 0 aliphatic rings. The molecule has 0 aliphatic heterocycles. The molecule has 1 aromatic carbocycles. The molecule has 6 heteroatoms. The number of hydrogen-bond acceptors (Lipinski definition) is 3. The molecule has 0 bridgehead atoms. The van der Waals surface area contributed by atoms with Crippen molar-refractivity contribution in [2.24, 2.45) is 5.92 Å². The number of ether oxygens (including phenoxy) is 1. The Balaban J connectivity index is 2.87. The first-order chi connectivity index (χ1) is 8.86. The number of carboxylic acids is 1. The van der Waals surface area contributed by atoms with Crippen LogP contribution >= 0.6 is 15.9 Å². The summed E-state index contributed by atoms with van der Waals surface area (Å²) in [4.78, 5) is 22.9. The van der Waals surface area contributed by atoms with Crippen LogP contribution in [0.15, 0.2) is 22.7 Å². The number of halogens is 1. The first-order valence-electron chi connectivity index (χ1n) is 5.74. The van der Waals surface area contributed by atoms with Crippen LogP contribution in [-0.2, 0) is 4.79 Å². The number of hydrogen-bond donors (Lipinski definition) is 2. The number of amides is 1. The minimum atomic E-state index is -0.949. The number of carbonyl (C=O) groups is 2. The summed E-state index contributed by atoms with van der Waals surface area (Å²) in [5.74, 6) is -1.53. The number of aliphatic carboxylic acids is 1. The van der Waals surface area contributed by atoms with Crippen LogP contribution in [0.3, 0.4) is 0 Å². The molecule has 0 saturated carbocycles. The van der Waals surface area contributed by atoms with Crippen LogP contribution in [-0.4, -0.2) is 30.1 Å². The maximum absolute atomic E-state index is 12.1. The van der Waals surface area contributed by atoms with Crippen molar-refractivity contribution in [3.05, 3.63) is 28.2 Å². The molecule has 0 fully saturated rings. The average molecular weight is 330 g/mol. The Hall–Kier alpha value is -1.56. The fraction of sp³-hybridized carbons (Fsp3) is 0.385. The van der Waals surface area contributed by atoms with Gasteiger partial charge >= 0.3 is 5.97 Å². The normalized spacial score (nSPS) is 13.5. The van der Waals surface area contributed by atoms with E-state index in [1.165, 1.54) is 7.11 Å². The van der Waals surface area contributed by atoms with Crippen molar-refractivity contribution in [3.63, 3.8) is 0 Å². The molecule has 2 N–H and O–H groups in total. The average Bonchev–Trinajstić information content (AvgIpc) is 2.36. The molecule has 0 saturated heterocycles. The number of benzene rings is 1. The van der Waals surface area contributed by atoms with Gasteiger partial charge in [0.25, 0.3) is 5.91 Å². The number of rotatable bonds is 5. The molecule has 0 aromatic heterocycles. The highest BCUT2D eigenvalue weighted by molar-refractivity contribution is 9.10. The van der Waals surface area contributed by atoms with Gasteiger partial charge in [-0.15, -0.1) is 0 Å². The molecular weight excluding hydrogens is 314 g/mol. The summed E-state index contributed by atoms with van der Waals surface area (Å²) in [5.41, 5.74) is 0.370. The van der Waals surface area contributed by atoms with Gasteiger partial charge in [-0.2, -0.15) is 0 Å². The molecule has 1 rings (SSSR count). The van der Waals surface area contributed by atoms with Crippen LogP contribution in [0.4, 0.5) is 0 Å². The molecule has 0 radical (unpaired) electrons. The molecule has 1 aromatic rings. The van der Waals surface area contributed by atoms with Gasteiger partial charge in [0.2, 0.25) is 0 Å². The number of carboxylic acid groups (broad SMARTS) is 1. The maximum atomic E-state index is 12.1. The summed E-state index contributed by atoms with van der Waals surface area (Å²) >= 11 is 3.29. The lowest BCUT2D eigenvalue weighted by atomic mass is 10.0. The van der Waals surface area contributed by atoms with E-state index in [0.717, 1.165) is 4.47 Å². The molecular formula is C13H16BrNO4. The molecule has 0 heterocycles. The van der Waals surface area contributed by atoms with Crippen molar-refractivity contribution in [2.75, 3.05) is 7.11 Å². The van der Waals surface area contributed by atoms with E-state index in [4.69, 9.17) is 9.84 Å². The van der Waals surface area contributed by atoms with Gasteiger partial charge in [0.15, 0.2) is 0 Å². The zero-order valence-electron chi connectivity index (χ0n) is 10.9. The predicted molar refractivity (Wildman–Crippen MR) is 74.4 cm³/mol. The standard InChI is InChI=1S/C13H16BrNO4/c1-7(13(17)18)8(2)15-12(16)10-5-4-9(14)6-11(10)19-3/h4-8H,1-3H3,(H,15,16)(H,17,18). The van der Waals surface area contributed by atoms with Gasteiger partial charge in [-0.1, -0.05) is 15.9 Å². The summed E-state index contributed by atoms with van der Waals surface area (Å²) in [6, 6.07) is 4.55. The van der Waals surface area contributed by atoms with E-state index in [9.17, 15) is 9.59 Å². The topological polar surface area (TPSA) is 75.6 Å². The smallest absolute Gasteiger partial charge is 0.308 e. The second-order valence-electron chi connectivity index (χ2n) is 4.23. The third-order valence-electron chi connectivity index (χ3n) is 2.91. The van der Waals surface area contributed by atoms with Crippen LogP contribution in [0, 0.1) is 5.92 Å². The van der Waals surface area contributed by atoms with E-state index < -0.39 is 17.9 Å². The molecule has 0 aliphatic carbocycles. The largest absolute Gasteiger partial charge is 0.496 e. The molecule has 19 heavy (non-hydrogen) atoms. The molecule has 104 valence electrons. The fourth-order valence-corrected chi connectivity index (χ4v) is 1.82. The van der Waals surface area contributed by atoms with E-state index in [1.54, 1.807) is 32.0 Å². The highest BCUT2D eigenvalue weighted by Gasteiger charge is 2.22. The molecule has 2 atom stereocenters. The van der Waals surface area contributed by atoms with E-state index >= 15 is 0 Å². The Morgan fingerprint density at radius 1 is 1.37 bits per heavy atom. The summed E-state index contributed by atoms with van der Waals surface area (Å²) in [7, 11) is 1.47. The van der Waals surface area contributed by atoms with Gasteiger partial charge in [0, 0.05) is 10.5 Å². The Bertz CT molecular complexity index is 490. The van der Waals surface area contributed by atoms with Crippen LogP contribution in [0.1, 0.15) is 24.2 Å². The minimum Gasteiger partial charge on any atom is -0.496 e. The van der Waals surface area contributed by atoms with Gasteiger partial charge in [-0.25, -0.2) is 0 Å². The SMILES string of the molecule is COc1cc(Br)ccc1C(=O)NC(C)C(C)C(=O)O. The van der Waals surface area contributed by atoms with Crippen molar-refractivity contribution in [1.29, 1.82) is 0 Å². The third-order valence-corrected chi connectivity index (χ3v) is 3.40. The summed E-state index contributed by atoms with van der Waals surface area (Å²) < 4.78 is 5.93. The van der Waals surface area contributed by atoms with Gasteiger partial charge in [-0.3, -0.25) is 9.59 Å². The quantitative estimate of drug-likeness (QED) is 0.869. The van der Waals surface area contributed by atoms with E-state index in [0.29, 0.717) is 11.3 Å². The molecule has 0 spiro atoms. The highest BCUT2D eigenvalue weighted by atomic mass is 79.9. The minimum absolute atomic E-state index is 0.357. The fourth-order valence-electron chi connectivity index (χ4n) is 1.48. The van der Waals surface area contributed by atoms with Crippen LogP contribution in [0.2, 0.25) is 0 Å². The third kappa shape index (κ3) is 3.96. The van der Waals surface area contributed by atoms with Crippen molar-refractivity contribution >= 4 is 27.8 Å². The van der Waals surface area contributed by atoms with E-state index in [-0.39, 0.29) is 5.91 Å². The first-order valence-corrected chi connectivity index (χ1v) is 6.53. The van der Waals surface area contributed by atoms with Crippen molar-refractivity contribution in [2.45, 2.75) is 19.9 Å². The van der Waals surface area contributed by atoms with Crippen molar-refractivity contribution in [1.82, 2.24) is 5.32 Å². The van der Waals surface area contributed by atoms with Gasteiger partial charge in [-0.05, 0) is 32.0 Å². The number of carbonyl (C=O) groups excluding carboxylic acids is 1. The van der Waals surface area contributed by atoms with Crippen molar-refractivity contribution < 1.29 is 19.4 Å². The number of methoxy groups -OCH3 is 1. The first kappa shape index (κ1) is 15.5. The van der Waals surface area contributed by atoms with Gasteiger partial charge < -0.3 is 15.2 Å². The Labute approximate surface area is 120 Å². The predicted octanol–water partition coefficient (Wildman–Crippen LogP) is 2.30. The molecule has 5 nitrogen and oxygen atoms in total. The molecule has 2 unspecified atom stereocenters. The monoisotopic (exact) mass is 329 g/mol.